The quantitative estimate of drug-likeness (QED) is 0.733. The van der Waals surface area contributed by atoms with Gasteiger partial charge in [0, 0.05) is 24.7 Å². The predicted molar refractivity (Wildman–Crippen MR) is 77.3 cm³/mol. The van der Waals surface area contributed by atoms with E-state index >= 15 is 0 Å². The smallest absolute Gasteiger partial charge is 0.332 e. The van der Waals surface area contributed by atoms with E-state index in [2.05, 4.69) is 29.0 Å². The molecule has 0 aliphatic rings. The second-order valence-electron chi connectivity index (χ2n) is 4.41. The Balaban J connectivity index is 2.69. The molecule has 5 nitrogen and oxygen atoms in total. The normalized spacial score (nSPS) is 14.4. The number of aromatic nitrogens is 1. The predicted octanol–water partition coefficient (Wildman–Crippen LogP) is 1.46. The highest BCUT2D eigenvalue weighted by molar-refractivity contribution is 7.09. The minimum Gasteiger partial charge on any atom is -0.467 e. The van der Waals surface area contributed by atoms with Gasteiger partial charge in [0.1, 0.15) is 5.01 Å². The summed E-state index contributed by atoms with van der Waals surface area (Å²) in [6.45, 7) is 9.69. The van der Waals surface area contributed by atoms with Crippen LogP contribution in [0.25, 0.3) is 0 Å². The maximum Gasteiger partial charge on any atom is 0.332 e. The van der Waals surface area contributed by atoms with Gasteiger partial charge in [-0.1, -0.05) is 13.8 Å². The molecule has 0 radical (unpaired) electrons. The summed E-state index contributed by atoms with van der Waals surface area (Å²) >= 11 is 1.46. The molecule has 1 rings (SSSR count). The first-order valence-electron chi connectivity index (χ1n) is 6.54. The van der Waals surface area contributed by atoms with Crippen LogP contribution in [0.4, 0.5) is 0 Å². The van der Waals surface area contributed by atoms with Crippen LogP contribution in [0.3, 0.4) is 0 Å². The SMILES string of the molecule is CCN(CC)CCNC(C)(C(=O)OC)c1nccs1. The molecule has 1 unspecified atom stereocenters. The number of carbonyl (C=O) groups is 1. The van der Waals surface area contributed by atoms with Gasteiger partial charge in [0.2, 0.25) is 0 Å². The van der Waals surface area contributed by atoms with Crippen LogP contribution in [0.5, 0.6) is 0 Å². The monoisotopic (exact) mass is 285 g/mol. The molecule has 0 bridgehead atoms. The number of rotatable bonds is 8. The summed E-state index contributed by atoms with van der Waals surface area (Å²) in [5.74, 6) is -0.304. The topological polar surface area (TPSA) is 54.5 Å². The second-order valence-corrected chi connectivity index (χ2v) is 5.30. The molecule has 0 spiro atoms. The van der Waals surface area contributed by atoms with Gasteiger partial charge < -0.3 is 9.64 Å². The summed E-state index contributed by atoms with van der Waals surface area (Å²) in [6.07, 6.45) is 1.70. The number of nitrogens with one attached hydrogen (secondary N) is 1. The maximum absolute atomic E-state index is 12.0. The third-order valence-electron chi connectivity index (χ3n) is 3.25. The minimum absolute atomic E-state index is 0.304. The van der Waals surface area contributed by atoms with E-state index in [0.717, 1.165) is 24.6 Å². The van der Waals surface area contributed by atoms with Crippen LogP contribution in [0, 0.1) is 0 Å². The molecule has 1 N–H and O–H groups in total. The average Bonchev–Trinajstić information content (AvgIpc) is 2.97. The molecule has 19 heavy (non-hydrogen) atoms. The van der Waals surface area contributed by atoms with Crippen molar-refractivity contribution in [2.45, 2.75) is 26.3 Å². The summed E-state index contributed by atoms with van der Waals surface area (Å²) in [7, 11) is 1.40. The molecule has 0 aromatic carbocycles. The van der Waals surface area contributed by atoms with E-state index in [4.69, 9.17) is 4.74 Å². The van der Waals surface area contributed by atoms with Crippen LogP contribution in [-0.4, -0.2) is 49.1 Å². The number of esters is 1. The molecule has 1 heterocycles. The van der Waals surface area contributed by atoms with Crippen LogP contribution in [0.1, 0.15) is 25.8 Å². The van der Waals surface area contributed by atoms with Gasteiger partial charge in [-0.3, -0.25) is 5.32 Å². The van der Waals surface area contributed by atoms with Gasteiger partial charge in [0.25, 0.3) is 0 Å². The average molecular weight is 285 g/mol. The summed E-state index contributed by atoms with van der Waals surface area (Å²) in [5, 5.41) is 5.88. The van der Waals surface area contributed by atoms with Crippen molar-refractivity contribution in [3.05, 3.63) is 16.6 Å². The van der Waals surface area contributed by atoms with Crippen molar-refractivity contribution < 1.29 is 9.53 Å². The Morgan fingerprint density at radius 1 is 1.53 bits per heavy atom. The van der Waals surface area contributed by atoms with Crippen molar-refractivity contribution in [2.75, 3.05) is 33.3 Å². The molecule has 0 saturated heterocycles. The Labute approximate surface area is 119 Å². The highest BCUT2D eigenvalue weighted by Gasteiger charge is 2.38. The lowest BCUT2D eigenvalue weighted by Crippen LogP contribution is -2.49. The third-order valence-corrected chi connectivity index (χ3v) is 4.25. The van der Waals surface area contributed by atoms with Crippen molar-refractivity contribution in [3.63, 3.8) is 0 Å². The van der Waals surface area contributed by atoms with E-state index in [0.29, 0.717) is 6.54 Å². The number of likely N-dealkylation sites (N-methyl/N-ethyl adjacent to an activating group) is 1. The number of hydrogen-bond acceptors (Lipinski definition) is 6. The lowest BCUT2D eigenvalue weighted by atomic mass is 10.0. The molecule has 0 aliphatic heterocycles. The molecular weight excluding hydrogens is 262 g/mol. The Morgan fingerprint density at radius 2 is 2.21 bits per heavy atom. The zero-order valence-electron chi connectivity index (χ0n) is 12.1. The van der Waals surface area contributed by atoms with Crippen molar-refractivity contribution >= 4 is 17.3 Å². The summed E-state index contributed by atoms with van der Waals surface area (Å²) in [6, 6.07) is 0. The Kier molecular flexibility index (Phi) is 6.41. The Bertz CT molecular complexity index is 379. The number of ether oxygens (including phenoxy) is 1. The van der Waals surface area contributed by atoms with Crippen molar-refractivity contribution in [1.29, 1.82) is 0 Å². The first kappa shape index (κ1) is 16.1. The molecule has 108 valence electrons. The molecule has 0 amide bonds. The molecule has 1 aromatic rings. The van der Waals surface area contributed by atoms with E-state index in [1.807, 2.05) is 12.3 Å². The summed E-state index contributed by atoms with van der Waals surface area (Å²) in [5.41, 5.74) is -0.865. The van der Waals surface area contributed by atoms with Crippen molar-refractivity contribution in [3.8, 4) is 0 Å². The summed E-state index contributed by atoms with van der Waals surface area (Å²) < 4.78 is 4.90. The Hall–Kier alpha value is -0.980. The van der Waals surface area contributed by atoms with Gasteiger partial charge in [-0.15, -0.1) is 11.3 Å². The highest BCUT2D eigenvalue weighted by atomic mass is 32.1. The van der Waals surface area contributed by atoms with E-state index in [9.17, 15) is 4.79 Å². The zero-order chi connectivity index (χ0) is 14.3. The van der Waals surface area contributed by atoms with E-state index in [1.165, 1.54) is 18.4 Å². The van der Waals surface area contributed by atoms with E-state index < -0.39 is 5.54 Å². The first-order chi connectivity index (χ1) is 9.08. The number of carbonyl (C=O) groups excluding carboxylic acids is 1. The fraction of sp³-hybridized carbons (Fsp3) is 0.692. The molecule has 0 fully saturated rings. The highest BCUT2D eigenvalue weighted by Crippen LogP contribution is 2.24. The molecule has 1 aromatic heterocycles. The number of thiazole rings is 1. The largest absolute Gasteiger partial charge is 0.467 e. The van der Waals surface area contributed by atoms with Gasteiger partial charge in [0.15, 0.2) is 5.54 Å². The van der Waals surface area contributed by atoms with E-state index in [1.54, 1.807) is 6.20 Å². The molecule has 1 atom stereocenters. The fourth-order valence-corrected chi connectivity index (χ4v) is 2.68. The van der Waals surface area contributed by atoms with E-state index in [-0.39, 0.29) is 5.97 Å². The first-order valence-corrected chi connectivity index (χ1v) is 7.42. The molecule has 0 saturated carbocycles. The lowest BCUT2D eigenvalue weighted by Gasteiger charge is -2.27. The van der Waals surface area contributed by atoms with Crippen LogP contribution >= 0.6 is 11.3 Å². The maximum atomic E-state index is 12.0. The van der Waals surface area contributed by atoms with Gasteiger partial charge >= 0.3 is 5.97 Å². The Morgan fingerprint density at radius 3 is 2.68 bits per heavy atom. The third kappa shape index (κ3) is 3.99. The minimum atomic E-state index is -0.865. The van der Waals surface area contributed by atoms with Crippen LogP contribution in [-0.2, 0) is 15.1 Å². The second kappa shape index (κ2) is 7.57. The molecule has 6 heteroatoms. The zero-order valence-corrected chi connectivity index (χ0v) is 12.9. The number of nitrogens with zero attached hydrogens (tertiary/aromatic N) is 2. The van der Waals surface area contributed by atoms with Crippen LogP contribution in [0.2, 0.25) is 0 Å². The number of methoxy groups -OCH3 is 1. The van der Waals surface area contributed by atoms with Crippen LogP contribution in [0.15, 0.2) is 11.6 Å². The number of hydrogen-bond donors (Lipinski definition) is 1. The molecule has 0 aliphatic carbocycles. The van der Waals surface area contributed by atoms with Crippen molar-refractivity contribution in [1.82, 2.24) is 15.2 Å². The van der Waals surface area contributed by atoms with Gasteiger partial charge in [0.05, 0.1) is 7.11 Å². The van der Waals surface area contributed by atoms with Gasteiger partial charge in [-0.05, 0) is 20.0 Å². The molecular formula is C13H23N3O2S. The van der Waals surface area contributed by atoms with Crippen molar-refractivity contribution in [2.24, 2.45) is 0 Å². The fourth-order valence-electron chi connectivity index (χ4n) is 1.91. The van der Waals surface area contributed by atoms with Gasteiger partial charge in [-0.25, -0.2) is 9.78 Å². The standard InChI is InChI=1S/C13H23N3O2S/c1-5-16(6-2)9-7-15-13(3,12(17)18-4)11-14-8-10-19-11/h8,10,15H,5-7,9H2,1-4H3. The summed E-state index contributed by atoms with van der Waals surface area (Å²) in [4.78, 5) is 18.6. The lowest BCUT2D eigenvalue weighted by molar-refractivity contribution is -0.148. The van der Waals surface area contributed by atoms with Crippen LogP contribution < -0.4 is 5.32 Å². The van der Waals surface area contributed by atoms with Gasteiger partial charge in [-0.2, -0.15) is 0 Å².